The van der Waals surface area contributed by atoms with E-state index in [4.69, 9.17) is 21.2 Å². The van der Waals surface area contributed by atoms with Gasteiger partial charge in [-0.25, -0.2) is 0 Å². The fourth-order valence-corrected chi connectivity index (χ4v) is 2.29. The first-order valence-electron chi connectivity index (χ1n) is 6.53. The van der Waals surface area contributed by atoms with Crippen molar-refractivity contribution in [1.29, 1.82) is 0 Å². The van der Waals surface area contributed by atoms with E-state index in [0.29, 0.717) is 28.7 Å². The van der Waals surface area contributed by atoms with Gasteiger partial charge in [-0.1, -0.05) is 35.8 Å². The molecule has 7 heteroatoms. The smallest absolute Gasteiger partial charge is 0.320 e. The van der Waals surface area contributed by atoms with E-state index in [1.165, 1.54) is 0 Å². The van der Waals surface area contributed by atoms with Gasteiger partial charge >= 0.3 is 5.97 Å². The van der Waals surface area contributed by atoms with E-state index >= 15 is 0 Å². The second-order valence-corrected chi connectivity index (χ2v) is 5.08. The van der Waals surface area contributed by atoms with Crippen LogP contribution < -0.4 is 0 Å². The van der Waals surface area contributed by atoms with Crippen LogP contribution in [0.1, 0.15) is 19.2 Å². The van der Waals surface area contributed by atoms with E-state index in [-0.39, 0.29) is 6.54 Å². The van der Waals surface area contributed by atoms with Crippen LogP contribution in [-0.4, -0.2) is 39.2 Å². The quantitative estimate of drug-likeness (QED) is 0.883. The monoisotopic (exact) mass is 309 g/mol. The number of carboxylic acid groups (broad SMARTS) is 1. The molecule has 112 valence electrons. The zero-order valence-corrected chi connectivity index (χ0v) is 12.5. The molecule has 1 heterocycles. The van der Waals surface area contributed by atoms with E-state index in [0.717, 1.165) is 0 Å². The highest BCUT2D eigenvalue weighted by Crippen LogP contribution is 2.25. The molecule has 0 fully saturated rings. The van der Waals surface area contributed by atoms with Crippen LogP contribution in [0.2, 0.25) is 5.02 Å². The summed E-state index contributed by atoms with van der Waals surface area (Å²) in [5, 5.41) is 13.5. The molecule has 0 bridgehead atoms. The summed E-state index contributed by atoms with van der Waals surface area (Å²) < 4.78 is 5.16. The molecule has 0 amide bonds. The second-order valence-electron chi connectivity index (χ2n) is 4.67. The SMILES string of the molecule is CCC(C(=O)O)N(C)Cc1nc(-c2ccccc2Cl)no1. The van der Waals surface area contributed by atoms with Gasteiger partial charge in [-0.2, -0.15) is 4.98 Å². The number of likely N-dealkylation sites (N-methyl/N-ethyl adjacent to an activating group) is 1. The molecular formula is C14H16ClN3O3. The van der Waals surface area contributed by atoms with Crippen LogP contribution in [0.15, 0.2) is 28.8 Å². The maximum Gasteiger partial charge on any atom is 0.320 e. The molecule has 2 aromatic rings. The number of halogens is 1. The van der Waals surface area contributed by atoms with Gasteiger partial charge in [0.1, 0.15) is 6.04 Å². The Kier molecular flexibility index (Phi) is 4.93. The molecule has 2 rings (SSSR count). The highest BCUT2D eigenvalue weighted by atomic mass is 35.5. The summed E-state index contributed by atoms with van der Waals surface area (Å²) in [4.78, 5) is 17.0. The number of hydrogen-bond donors (Lipinski definition) is 1. The molecule has 1 atom stereocenters. The molecule has 1 aromatic heterocycles. The van der Waals surface area contributed by atoms with Crippen molar-refractivity contribution in [3.63, 3.8) is 0 Å². The van der Waals surface area contributed by atoms with Gasteiger partial charge in [0.05, 0.1) is 11.6 Å². The predicted molar refractivity (Wildman–Crippen MR) is 77.9 cm³/mol. The molecule has 1 unspecified atom stereocenters. The molecule has 1 aromatic carbocycles. The minimum Gasteiger partial charge on any atom is -0.480 e. The third-order valence-corrected chi connectivity index (χ3v) is 3.50. The fourth-order valence-electron chi connectivity index (χ4n) is 2.07. The van der Waals surface area contributed by atoms with Crippen LogP contribution in [0.25, 0.3) is 11.4 Å². The topological polar surface area (TPSA) is 79.5 Å². The lowest BCUT2D eigenvalue weighted by atomic mass is 10.2. The van der Waals surface area contributed by atoms with Crippen LogP contribution in [0.4, 0.5) is 0 Å². The van der Waals surface area contributed by atoms with Crippen molar-refractivity contribution >= 4 is 17.6 Å². The molecule has 0 saturated carbocycles. The van der Waals surface area contributed by atoms with Crippen molar-refractivity contribution in [1.82, 2.24) is 15.0 Å². The highest BCUT2D eigenvalue weighted by Gasteiger charge is 2.22. The number of carboxylic acids is 1. The largest absolute Gasteiger partial charge is 0.480 e. The van der Waals surface area contributed by atoms with Crippen LogP contribution >= 0.6 is 11.6 Å². The average Bonchev–Trinajstić information content (AvgIpc) is 2.87. The lowest BCUT2D eigenvalue weighted by Crippen LogP contribution is -2.37. The summed E-state index contributed by atoms with van der Waals surface area (Å²) in [5.74, 6) is -0.120. The normalized spacial score (nSPS) is 12.6. The number of rotatable bonds is 6. The Labute approximate surface area is 127 Å². The van der Waals surface area contributed by atoms with Gasteiger partial charge in [-0.15, -0.1) is 0 Å². The lowest BCUT2D eigenvalue weighted by Gasteiger charge is -2.21. The number of benzene rings is 1. The van der Waals surface area contributed by atoms with E-state index in [2.05, 4.69) is 10.1 Å². The van der Waals surface area contributed by atoms with Gasteiger partial charge in [0.25, 0.3) is 0 Å². The van der Waals surface area contributed by atoms with Crippen LogP contribution in [0, 0.1) is 0 Å². The van der Waals surface area contributed by atoms with Gasteiger partial charge in [0, 0.05) is 5.56 Å². The number of aliphatic carboxylic acids is 1. The maximum absolute atomic E-state index is 11.1. The second kappa shape index (κ2) is 6.69. The minimum atomic E-state index is -0.870. The number of carbonyl (C=O) groups is 1. The first kappa shape index (κ1) is 15.5. The van der Waals surface area contributed by atoms with Gasteiger partial charge in [0.15, 0.2) is 0 Å². The van der Waals surface area contributed by atoms with Gasteiger partial charge in [-0.3, -0.25) is 9.69 Å². The lowest BCUT2D eigenvalue weighted by molar-refractivity contribution is -0.143. The van der Waals surface area contributed by atoms with Crippen molar-refractivity contribution in [3.8, 4) is 11.4 Å². The molecule has 1 N–H and O–H groups in total. The van der Waals surface area contributed by atoms with E-state index in [1.54, 1.807) is 24.1 Å². The standard InChI is InChI=1S/C14H16ClN3O3/c1-3-11(14(19)20)18(2)8-12-16-13(17-21-12)9-6-4-5-7-10(9)15/h4-7,11H,3,8H2,1-2H3,(H,19,20). The summed E-state index contributed by atoms with van der Waals surface area (Å²) in [6.45, 7) is 2.08. The third-order valence-electron chi connectivity index (χ3n) is 3.17. The van der Waals surface area contributed by atoms with Gasteiger partial charge in [-0.05, 0) is 25.6 Å². The average molecular weight is 310 g/mol. The number of hydrogen-bond acceptors (Lipinski definition) is 5. The summed E-state index contributed by atoms with van der Waals surface area (Å²) >= 11 is 6.08. The zero-order valence-electron chi connectivity index (χ0n) is 11.8. The van der Waals surface area contributed by atoms with Crippen molar-refractivity contribution in [2.45, 2.75) is 25.9 Å². The highest BCUT2D eigenvalue weighted by molar-refractivity contribution is 6.33. The van der Waals surface area contributed by atoms with E-state index in [9.17, 15) is 4.79 Å². The summed E-state index contributed by atoms with van der Waals surface area (Å²) in [5.41, 5.74) is 0.682. The Hall–Kier alpha value is -1.92. The number of nitrogens with zero attached hydrogens (tertiary/aromatic N) is 3. The fraction of sp³-hybridized carbons (Fsp3) is 0.357. The first-order chi connectivity index (χ1) is 10.0. The van der Waals surface area contributed by atoms with E-state index in [1.807, 2.05) is 19.1 Å². The van der Waals surface area contributed by atoms with Crippen LogP contribution in [0.3, 0.4) is 0 Å². The Morgan fingerprint density at radius 2 is 2.19 bits per heavy atom. The molecule has 0 aliphatic rings. The molecule has 0 saturated heterocycles. The Morgan fingerprint density at radius 1 is 1.48 bits per heavy atom. The molecule has 0 aliphatic carbocycles. The third kappa shape index (κ3) is 3.59. The molecule has 21 heavy (non-hydrogen) atoms. The Bertz CT molecular complexity index is 629. The molecule has 0 spiro atoms. The van der Waals surface area contributed by atoms with Crippen molar-refractivity contribution in [3.05, 3.63) is 35.2 Å². The van der Waals surface area contributed by atoms with Crippen LogP contribution in [-0.2, 0) is 11.3 Å². The number of aromatic nitrogens is 2. The van der Waals surface area contributed by atoms with Crippen molar-refractivity contribution < 1.29 is 14.4 Å². The molecule has 0 radical (unpaired) electrons. The van der Waals surface area contributed by atoms with E-state index < -0.39 is 12.0 Å². The molecule has 6 nitrogen and oxygen atoms in total. The van der Waals surface area contributed by atoms with Gasteiger partial charge in [0.2, 0.25) is 11.7 Å². The zero-order chi connectivity index (χ0) is 15.4. The minimum absolute atomic E-state index is 0.266. The predicted octanol–water partition coefficient (Wildman–Crippen LogP) is 2.69. The molecular weight excluding hydrogens is 294 g/mol. The van der Waals surface area contributed by atoms with Gasteiger partial charge < -0.3 is 9.63 Å². The summed E-state index contributed by atoms with van der Waals surface area (Å²) in [6.07, 6.45) is 0.497. The Balaban J connectivity index is 2.14. The Morgan fingerprint density at radius 3 is 2.81 bits per heavy atom. The van der Waals surface area contributed by atoms with Crippen molar-refractivity contribution in [2.75, 3.05) is 7.05 Å². The summed E-state index contributed by atoms with van der Waals surface area (Å²) in [7, 11) is 1.71. The molecule has 0 aliphatic heterocycles. The van der Waals surface area contributed by atoms with Crippen LogP contribution in [0.5, 0.6) is 0 Å². The maximum atomic E-state index is 11.1. The summed E-state index contributed by atoms with van der Waals surface area (Å²) in [6, 6.07) is 6.62. The first-order valence-corrected chi connectivity index (χ1v) is 6.91. The van der Waals surface area contributed by atoms with Crippen molar-refractivity contribution in [2.24, 2.45) is 0 Å².